The SMILES string of the molecule is Fc1ccc(-c2cc(-c3nc(-c4ccccc4)nc(-c4ccccc4)n3)ccc2-n2c3ccccc3c3cc4oc5ccccc5c4cc32)cc1. The summed E-state index contributed by atoms with van der Waals surface area (Å²) in [6.45, 7) is 0. The van der Waals surface area contributed by atoms with E-state index < -0.39 is 0 Å². The van der Waals surface area contributed by atoms with Crippen LogP contribution < -0.4 is 0 Å². The fraction of sp³-hybridized carbons (Fsp3) is 0. The summed E-state index contributed by atoms with van der Waals surface area (Å²) in [6, 6.07) is 53.8. The Labute approximate surface area is 291 Å². The number of nitrogens with zero attached hydrogens (tertiary/aromatic N) is 4. The van der Waals surface area contributed by atoms with Crippen LogP contribution in [0.3, 0.4) is 0 Å². The van der Waals surface area contributed by atoms with Crippen LogP contribution >= 0.6 is 0 Å². The summed E-state index contributed by atoms with van der Waals surface area (Å²) in [5.74, 6) is 1.43. The maximum Gasteiger partial charge on any atom is 0.164 e. The molecule has 3 heterocycles. The first-order valence-corrected chi connectivity index (χ1v) is 16.8. The van der Waals surface area contributed by atoms with E-state index in [4.69, 9.17) is 19.4 Å². The second-order valence-corrected chi connectivity index (χ2v) is 12.6. The van der Waals surface area contributed by atoms with Gasteiger partial charge in [0.15, 0.2) is 17.5 Å². The van der Waals surface area contributed by atoms with Gasteiger partial charge in [-0.25, -0.2) is 19.3 Å². The highest BCUT2D eigenvalue weighted by molar-refractivity contribution is 6.17. The number of aromatic nitrogens is 4. The fourth-order valence-corrected chi connectivity index (χ4v) is 7.11. The molecular formula is C45H27FN4O. The highest BCUT2D eigenvalue weighted by Crippen LogP contribution is 2.41. The van der Waals surface area contributed by atoms with E-state index in [1.807, 2.05) is 91.0 Å². The maximum absolute atomic E-state index is 14.4. The average Bonchev–Trinajstić information content (AvgIpc) is 3.72. The molecule has 0 radical (unpaired) electrons. The first-order chi connectivity index (χ1) is 25.2. The molecule has 0 spiro atoms. The van der Waals surface area contributed by atoms with Crippen molar-refractivity contribution in [3.05, 3.63) is 170 Å². The Morgan fingerprint density at radius 3 is 1.71 bits per heavy atom. The summed E-state index contributed by atoms with van der Waals surface area (Å²) >= 11 is 0. The molecule has 10 aromatic rings. The third-order valence-electron chi connectivity index (χ3n) is 9.52. The van der Waals surface area contributed by atoms with Gasteiger partial charge >= 0.3 is 0 Å². The molecule has 0 saturated carbocycles. The number of para-hydroxylation sites is 2. The molecule has 0 bridgehead atoms. The Bertz CT molecular complexity index is 2860. The van der Waals surface area contributed by atoms with Crippen LogP contribution in [0.25, 0.3) is 94.7 Å². The van der Waals surface area contributed by atoms with Crippen molar-refractivity contribution >= 4 is 43.7 Å². The van der Waals surface area contributed by atoms with Crippen molar-refractivity contribution < 1.29 is 8.81 Å². The van der Waals surface area contributed by atoms with Crippen molar-refractivity contribution in [1.29, 1.82) is 0 Å². The van der Waals surface area contributed by atoms with Crippen LogP contribution in [-0.2, 0) is 0 Å². The van der Waals surface area contributed by atoms with Crippen LogP contribution in [0.4, 0.5) is 4.39 Å². The molecule has 51 heavy (non-hydrogen) atoms. The van der Waals surface area contributed by atoms with Gasteiger partial charge in [0.2, 0.25) is 0 Å². The fourth-order valence-electron chi connectivity index (χ4n) is 7.11. The van der Waals surface area contributed by atoms with Gasteiger partial charge in [-0.2, -0.15) is 0 Å². The van der Waals surface area contributed by atoms with Crippen LogP contribution in [0, 0.1) is 5.82 Å². The summed E-state index contributed by atoms with van der Waals surface area (Å²) in [6.07, 6.45) is 0. The molecule has 0 aliphatic heterocycles. The van der Waals surface area contributed by atoms with Gasteiger partial charge in [0.25, 0.3) is 0 Å². The van der Waals surface area contributed by atoms with Crippen molar-refractivity contribution in [1.82, 2.24) is 19.5 Å². The third kappa shape index (κ3) is 4.88. The predicted molar refractivity (Wildman–Crippen MR) is 203 cm³/mol. The van der Waals surface area contributed by atoms with E-state index in [-0.39, 0.29) is 5.82 Å². The predicted octanol–water partition coefficient (Wildman–Crippen LogP) is 11.7. The van der Waals surface area contributed by atoms with E-state index in [0.717, 1.165) is 77.2 Å². The van der Waals surface area contributed by atoms with Crippen LogP contribution in [-0.4, -0.2) is 19.5 Å². The van der Waals surface area contributed by atoms with Gasteiger partial charge in [0.1, 0.15) is 17.0 Å². The van der Waals surface area contributed by atoms with Gasteiger partial charge in [0, 0.05) is 43.8 Å². The highest BCUT2D eigenvalue weighted by Gasteiger charge is 2.20. The zero-order valence-electron chi connectivity index (χ0n) is 27.2. The number of fused-ring (bicyclic) bond motifs is 6. The lowest BCUT2D eigenvalue weighted by atomic mass is 9.99. The lowest BCUT2D eigenvalue weighted by molar-refractivity contribution is 0.628. The van der Waals surface area contributed by atoms with Crippen LogP contribution in [0.5, 0.6) is 0 Å². The number of hydrogen-bond donors (Lipinski definition) is 0. The van der Waals surface area contributed by atoms with Gasteiger partial charge in [-0.1, -0.05) is 109 Å². The molecule has 3 aromatic heterocycles. The minimum Gasteiger partial charge on any atom is -0.456 e. The number of benzene rings is 7. The molecule has 0 saturated heterocycles. The van der Waals surface area contributed by atoms with E-state index in [1.165, 1.54) is 12.1 Å². The normalized spacial score (nSPS) is 11.6. The van der Waals surface area contributed by atoms with Crippen molar-refractivity contribution in [3.8, 4) is 51.0 Å². The summed E-state index contributed by atoms with van der Waals surface area (Å²) in [4.78, 5) is 14.9. The summed E-state index contributed by atoms with van der Waals surface area (Å²) in [5.41, 5.74) is 9.15. The zero-order chi connectivity index (χ0) is 33.9. The summed E-state index contributed by atoms with van der Waals surface area (Å²) in [7, 11) is 0. The molecular weight excluding hydrogens is 632 g/mol. The summed E-state index contributed by atoms with van der Waals surface area (Å²) in [5, 5.41) is 4.32. The van der Waals surface area contributed by atoms with E-state index in [1.54, 1.807) is 0 Å². The molecule has 0 unspecified atom stereocenters. The van der Waals surface area contributed by atoms with Gasteiger partial charge in [-0.05, 0) is 60.2 Å². The van der Waals surface area contributed by atoms with Gasteiger partial charge < -0.3 is 8.98 Å². The van der Waals surface area contributed by atoms with Crippen LogP contribution in [0.2, 0.25) is 0 Å². The minimum atomic E-state index is -0.292. The molecule has 0 fully saturated rings. The first-order valence-electron chi connectivity index (χ1n) is 16.8. The Hall–Kier alpha value is -6.92. The molecule has 0 aliphatic carbocycles. The van der Waals surface area contributed by atoms with Crippen molar-refractivity contribution in [2.75, 3.05) is 0 Å². The second kappa shape index (κ2) is 11.6. The number of hydrogen-bond acceptors (Lipinski definition) is 4. The van der Waals surface area contributed by atoms with Crippen LogP contribution in [0.15, 0.2) is 168 Å². The molecule has 0 atom stereocenters. The standard InChI is InChI=1S/C45H27FN4O/c46-32-22-19-28(20-23-32)35-25-31(45-48-43(29-11-3-1-4-12-29)47-44(49-45)30-13-5-2-6-14-30)21-24-39(35)50-38-17-9-7-15-33(38)36-27-42-37(26-40(36)50)34-16-8-10-18-41(34)51-42/h1-27H. The van der Waals surface area contributed by atoms with Crippen molar-refractivity contribution in [2.45, 2.75) is 0 Å². The quantitative estimate of drug-likeness (QED) is 0.185. The maximum atomic E-state index is 14.4. The molecule has 6 heteroatoms. The van der Waals surface area contributed by atoms with E-state index in [9.17, 15) is 4.39 Å². The molecule has 0 aliphatic rings. The lowest BCUT2D eigenvalue weighted by Gasteiger charge is -2.16. The van der Waals surface area contributed by atoms with Crippen LogP contribution in [0.1, 0.15) is 0 Å². The molecule has 240 valence electrons. The first kappa shape index (κ1) is 29.0. The van der Waals surface area contributed by atoms with E-state index in [0.29, 0.717) is 17.5 Å². The molecule has 7 aromatic carbocycles. The van der Waals surface area contributed by atoms with Gasteiger partial charge in [-0.15, -0.1) is 0 Å². The monoisotopic (exact) mass is 658 g/mol. The molecule has 5 nitrogen and oxygen atoms in total. The Balaban J connectivity index is 1.25. The molecule has 0 amide bonds. The van der Waals surface area contributed by atoms with Crippen molar-refractivity contribution in [3.63, 3.8) is 0 Å². The Kier molecular flexibility index (Phi) is 6.61. The second-order valence-electron chi connectivity index (χ2n) is 12.6. The molecule has 10 rings (SSSR count). The number of halogens is 1. The average molecular weight is 659 g/mol. The largest absolute Gasteiger partial charge is 0.456 e. The lowest BCUT2D eigenvalue weighted by Crippen LogP contribution is -2.02. The molecule has 0 N–H and O–H groups in total. The third-order valence-corrected chi connectivity index (χ3v) is 9.52. The summed E-state index contributed by atoms with van der Waals surface area (Å²) < 4.78 is 23.0. The minimum absolute atomic E-state index is 0.292. The zero-order valence-corrected chi connectivity index (χ0v) is 27.2. The van der Waals surface area contributed by atoms with E-state index >= 15 is 0 Å². The number of rotatable bonds is 5. The van der Waals surface area contributed by atoms with Crippen molar-refractivity contribution in [2.24, 2.45) is 0 Å². The van der Waals surface area contributed by atoms with E-state index in [2.05, 4.69) is 65.2 Å². The highest BCUT2D eigenvalue weighted by atomic mass is 19.1. The van der Waals surface area contributed by atoms with Gasteiger partial charge in [0.05, 0.1) is 16.7 Å². The topological polar surface area (TPSA) is 56.7 Å². The number of furan rings is 1. The Morgan fingerprint density at radius 2 is 1.00 bits per heavy atom. The smallest absolute Gasteiger partial charge is 0.164 e. The van der Waals surface area contributed by atoms with Gasteiger partial charge in [-0.3, -0.25) is 0 Å². The Morgan fingerprint density at radius 1 is 0.412 bits per heavy atom.